The van der Waals surface area contributed by atoms with Crippen LogP contribution in [0.5, 0.6) is 0 Å². The molecule has 0 heterocycles. The van der Waals surface area contributed by atoms with Crippen molar-refractivity contribution in [3.8, 4) is 0 Å². The molecule has 6 heteroatoms. The molecule has 2 N–H and O–H groups in total. The van der Waals surface area contributed by atoms with Gasteiger partial charge in [-0.25, -0.2) is 8.78 Å². The first-order valence-electron chi connectivity index (χ1n) is 7.49. The number of nitrogens with two attached hydrogens (primary N) is 1. The van der Waals surface area contributed by atoms with Crippen molar-refractivity contribution in [2.24, 2.45) is 11.7 Å². The van der Waals surface area contributed by atoms with Gasteiger partial charge in [0.2, 0.25) is 5.91 Å². The zero-order valence-corrected chi connectivity index (χ0v) is 13.5. The number of carbonyl (C=O) groups excluding carboxylic acids is 1. The minimum Gasteiger partial charge on any atom is -0.338 e. The van der Waals surface area contributed by atoms with E-state index in [1.165, 1.54) is 23.1 Å². The first kappa shape index (κ1) is 18.8. The van der Waals surface area contributed by atoms with Gasteiger partial charge in [0, 0.05) is 24.6 Å². The molecule has 1 aliphatic rings. The lowest BCUT2D eigenvalue weighted by Gasteiger charge is -2.24. The summed E-state index contributed by atoms with van der Waals surface area (Å²) in [6, 6.07) is 3.81. The van der Waals surface area contributed by atoms with E-state index < -0.39 is 11.6 Å². The van der Waals surface area contributed by atoms with Gasteiger partial charge in [-0.2, -0.15) is 0 Å². The van der Waals surface area contributed by atoms with Crippen LogP contribution in [0.15, 0.2) is 18.2 Å². The van der Waals surface area contributed by atoms with Crippen LogP contribution in [0.2, 0.25) is 0 Å². The van der Waals surface area contributed by atoms with Crippen LogP contribution < -0.4 is 5.73 Å². The average Bonchev–Trinajstić information content (AvgIpc) is 2.84. The summed E-state index contributed by atoms with van der Waals surface area (Å²) < 4.78 is 27.4. The molecule has 0 unspecified atom stereocenters. The van der Waals surface area contributed by atoms with Crippen molar-refractivity contribution in [1.82, 2.24) is 4.90 Å². The Labute approximate surface area is 136 Å². The van der Waals surface area contributed by atoms with E-state index in [4.69, 9.17) is 5.73 Å². The molecule has 3 nitrogen and oxygen atoms in total. The van der Waals surface area contributed by atoms with E-state index in [1.807, 2.05) is 6.92 Å². The molecule has 0 bridgehead atoms. The van der Waals surface area contributed by atoms with E-state index >= 15 is 0 Å². The molecule has 2 rings (SSSR count). The van der Waals surface area contributed by atoms with Crippen LogP contribution >= 0.6 is 12.4 Å². The quantitative estimate of drug-likeness (QED) is 0.899. The highest BCUT2D eigenvalue weighted by molar-refractivity contribution is 5.85. The summed E-state index contributed by atoms with van der Waals surface area (Å²) in [5.74, 6) is -1.11. The number of halogens is 3. The lowest BCUT2D eigenvalue weighted by Crippen LogP contribution is -2.35. The molecule has 1 fully saturated rings. The van der Waals surface area contributed by atoms with Crippen molar-refractivity contribution in [2.45, 2.75) is 45.2 Å². The zero-order valence-electron chi connectivity index (χ0n) is 12.7. The number of nitrogens with zero attached hydrogens (tertiary/aromatic N) is 1. The standard InChI is InChI=1S/C16H22F2N2O.ClH/c1-2-20(10-12-13(17)6-4-7-14(12)18)16(21)9-11-5-3-8-15(11)19;/h4,6-7,11,15H,2-3,5,8-10,19H2,1H3;1H/t11-,15+;/m0./s1. The van der Waals surface area contributed by atoms with Crippen LogP contribution in [0.4, 0.5) is 8.78 Å². The summed E-state index contributed by atoms with van der Waals surface area (Å²) in [6.07, 6.45) is 3.32. The first-order valence-corrected chi connectivity index (χ1v) is 7.49. The van der Waals surface area contributed by atoms with E-state index in [0.717, 1.165) is 19.3 Å². The molecular formula is C16H23ClF2N2O. The smallest absolute Gasteiger partial charge is 0.223 e. The van der Waals surface area contributed by atoms with Gasteiger partial charge >= 0.3 is 0 Å². The number of amides is 1. The second-order valence-electron chi connectivity index (χ2n) is 5.67. The number of rotatable bonds is 5. The Morgan fingerprint density at radius 3 is 2.45 bits per heavy atom. The third kappa shape index (κ3) is 4.40. The van der Waals surface area contributed by atoms with Gasteiger partial charge in [-0.05, 0) is 37.8 Å². The molecule has 0 spiro atoms. The van der Waals surface area contributed by atoms with Gasteiger partial charge in [0.25, 0.3) is 0 Å². The molecule has 0 aliphatic heterocycles. The molecule has 0 aromatic heterocycles. The molecular weight excluding hydrogens is 310 g/mol. The molecule has 1 saturated carbocycles. The van der Waals surface area contributed by atoms with Gasteiger partial charge in [0.1, 0.15) is 11.6 Å². The van der Waals surface area contributed by atoms with Crippen molar-refractivity contribution in [2.75, 3.05) is 6.54 Å². The Morgan fingerprint density at radius 2 is 1.95 bits per heavy atom. The van der Waals surface area contributed by atoms with Gasteiger partial charge in [0.05, 0.1) is 6.54 Å². The van der Waals surface area contributed by atoms with Crippen LogP contribution in [0.1, 0.15) is 38.2 Å². The van der Waals surface area contributed by atoms with Gasteiger partial charge in [-0.3, -0.25) is 4.79 Å². The molecule has 1 aliphatic carbocycles. The topological polar surface area (TPSA) is 46.3 Å². The van der Waals surface area contributed by atoms with Gasteiger partial charge < -0.3 is 10.6 Å². The van der Waals surface area contributed by atoms with Gasteiger partial charge in [-0.15, -0.1) is 12.4 Å². The highest BCUT2D eigenvalue weighted by Crippen LogP contribution is 2.27. The Bertz CT molecular complexity index is 493. The molecule has 0 saturated heterocycles. The van der Waals surface area contributed by atoms with E-state index in [1.54, 1.807) is 0 Å². The van der Waals surface area contributed by atoms with Crippen LogP contribution in [-0.2, 0) is 11.3 Å². The third-order valence-electron chi connectivity index (χ3n) is 4.30. The molecule has 0 radical (unpaired) electrons. The highest BCUT2D eigenvalue weighted by Gasteiger charge is 2.28. The number of benzene rings is 1. The van der Waals surface area contributed by atoms with E-state index in [9.17, 15) is 13.6 Å². The summed E-state index contributed by atoms with van der Waals surface area (Å²) in [5.41, 5.74) is 5.93. The van der Waals surface area contributed by atoms with E-state index in [-0.39, 0.29) is 42.4 Å². The highest BCUT2D eigenvalue weighted by atomic mass is 35.5. The van der Waals surface area contributed by atoms with Crippen LogP contribution in [-0.4, -0.2) is 23.4 Å². The fourth-order valence-electron chi connectivity index (χ4n) is 2.92. The number of hydrogen-bond acceptors (Lipinski definition) is 2. The minimum absolute atomic E-state index is 0. The summed E-state index contributed by atoms with van der Waals surface area (Å²) in [6.45, 7) is 2.20. The number of carbonyl (C=O) groups is 1. The Hall–Kier alpha value is -1.20. The fraction of sp³-hybridized carbons (Fsp3) is 0.562. The van der Waals surface area contributed by atoms with Crippen molar-refractivity contribution in [3.05, 3.63) is 35.4 Å². The summed E-state index contributed by atoms with van der Waals surface area (Å²) in [4.78, 5) is 13.8. The van der Waals surface area contributed by atoms with Crippen LogP contribution in [0.25, 0.3) is 0 Å². The molecule has 1 amide bonds. The van der Waals surface area contributed by atoms with Crippen LogP contribution in [0, 0.1) is 17.6 Å². The Balaban J connectivity index is 0.00000242. The predicted octanol–water partition coefficient (Wildman–Crippen LogP) is 3.25. The predicted molar refractivity (Wildman–Crippen MR) is 84.6 cm³/mol. The van der Waals surface area contributed by atoms with Gasteiger partial charge in [-0.1, -0.05) is 12.5 Å². The molecule has 1 aromatic carbocycles. The van der Waals surface area contributed by atoms with Crippen molar-refractivity contribution >= 4 is 18.3 Å². The maximum absolute atomic E-state index is 13.7. The normalized spacial score (nSPS) is 20.5. The maximum Gasteiger partial charge on any atom is 0.223 e. The van der Waals surface area contributed by atoms with E-state index in [0.29, 0.717) is 13.0 Å². The Kier molecular flexibility index (Phi) is 7.23. The largest absolute Gasteiger partial charge is 0.338 e. The van der Waals surface area contributed by atoms with Crippen molar-refractivity contribution < 1.29 is 13.6 Å². The third-order valence-corrected chi connectivity index (χ3v) is 4.30. The second kappa shape index (κ2) is 8.44. The lowest BCUT2D eigenvalue weighted by atomic mass is 9.99. The number of hydrogen-bond donors (Lipinski definition) is 1. The zero-order chi connectivity index (χ0) is 15.4. The Morgan fingerprint density at radius 1 is 1.32 bits per heavy atom. The molecule has 22 heavy (non-hydrogen) atoms. The second-order valence-corrected chi connectivity index (χ2v) is 5.67. The summed E-state index contributed by atoms with van der Waals surface area (Å²) in [7, 11) is 0. The van der Waals surface area contributed by atoms with Crippen molar-refractivity contribution in [1.29, 1.82) is 0 Å². The van der Waals surface area contributed by atoms with Crippen molar-refractivity contribution in [3.63, 3.8) is 0 Å². The van der Waals surface area contributed by atoms with E-state index in [2.05, 4.69) is 0 Å². The molecule has 124 valence electrons. The lowest BCUT2D eigenvalue weighted by molar-refractivity contribution is -0.132. The van der Waals surface area contributed by atoms with Gasteiger partial charge in [0.15, 0.2) is 0 Å². The fourth-order valence-corrected chi connectivity index (χ4v) is 2.92. The SMILES string of the molecule is CCN(Cc1c(F)cccc1F)C(=O)C[C@@H]1CCC[C@H]1N.Cl. The minimum atomic E-state index is -0.612. The van der Waals surface area contributed by atoms with Crippen LogP contribution in [0.3, 0.4) is 0 Å². The summed E-state index contributed by atoms with van der Waals surface area (Å²) >= 11 is 0. The average molecular weight is 333 g/mol. The summed E-state index contributed by atoms with van der Waals surface area (Å²) in [5, 5.41) is 0. The maximum atomic E-state index is 13.7. The molecule has 2 atom stereocenters. The molecule has 1 aromatic rings. The monoisotopic (exact) mass is 332 g/mol. The first-order chi connectivity index (χ1) is 10.0.